The van der Waals surface area contributed by atoms with Gasteiger partial charge in [0.25, 0.3) is 5.91 Å². The molecule has 5 heteroatoms. The van der Waals surface area contributed by atoms with Crippen LogP contribution < -0.4 is 5.32 Å². The monoisotopic (exact) mass is 366 g/mol. The van der Waals surface area contributed by atoms with E-state index < -0.39 is 6.04 Å². The number of rotatable bonds is 7. The summed E-state index contributed by atoms with van der Waals surface area (Å²) in [5.74, 6) is -0.0168. The van der Waals surface area contributed by atoms with Crippen LogP contribution in [-0.2, 0) is 16.1 Å². The largest absolute Gasteiger partial charge is 0.468 e. The standard InChI is InChI=1S/C22H26N2O3/c1-15(2)13-19(22(26)27-3)23-20-17-11-7-8-12-18(17)21(25)24(20)14-16-9-5-4-6-10-16/h4-12,15,19-20,23H,13-14H2,1-3H3. The van der Waals surface area contributed by atoms with Crippen molar-refractivity contribution in [3.05, 3.63) is 71.3 Å². The number of hydrogen-bond acceptors (Lipinski definition) is 4. The number of ether oxygens (including phenoxy) is 1. The van der Waals surface area contributed by atoms with E-state index in [-0.39, 0.29) is 18.0 Å². The Bertz CT molecular complexity index is 804. The van der Waals surface area contributed by atoms with Crippen LogP contribution in [0.1, 0.15) is 47.9 Å². The van der Waals surface area contributed by atoms with Crippen LogP contribution in [-0.4, -0.2) is 29.9 Å². The second-order valence-corrected chi connectivity index (χ2v) is 7.28. The maximum atomic E-state index is 13.0. The van der Waals surface area contributed by atoms with Crippen LogP contribution in [0.3, 0.4) is 0 Å². The Labute approximate surface area is 160 Å². The van der Waals surface area contributed by atoms with Crippen molar-refractivity contribution >= 4 is 11.9 Å². The van der Waals surface area contributed by atoms with Gasteiger partial charge in [-0.05, 0) is 24.0 Å². The van der Waals surface area contributed by atoms with Crippen LogP contribution in [0.2, 0.25) is 0 Å². The van der Waals surface area contributed by atoms with E-state index in [0.29, 0.717) is 24.4 Å². The molecule has 27 heavy (non-hydrogen) atoms. The zero-order valence-corrected chi connectivity index (χ0v) is 16.0. The Hall–Kier alpha value is -2.66. The molecule has 1 heterocycles. The molecule has 0 aromatic heterocycles. The van der Waals surface area contributed by atoms with Crippen molar-refractivity contribution < 1.29 is 14.3 Å². The fourth-order valence-electron chi connectivity index (χ4n) is 3.53. The van der Waals surface area contributed by atoms with Gasteiger partial charge in [0.05, 0.1) is 7.11 Å². The number of methoxy groups -OCH3 is 1. The number of nitrogens with one attached hydrogen (secondary N) is 1. The average molecular weight is 366 g/mol. The molecule has 1 amide bonds. The molecule has 0 spiro atoms. The first-order valence-corrected chi connectivity index (χ1v) is 9.29. The fourth-order valence-corrected chi connectivity index (χ4v) is 3.53. The minimum atomic E-state index is -0.475. The predicted molar refractivity (Wildman–Crippen MR) is 104 cm³/mol. The maximum Gasteiger partial charge on any atom is 0.322 e. The first kappa shape index (κ1) is 19.1. The van der Waals surface area contributed by atoms with Gasteiger partial charge in [0.1, 0.15) is 12.2 Å². The molecule has 2 aromatic rings. The number of benzene rings is 2. The molecule has 0 saturated carbocycles. The lowest BCUT2D eigenvalue weighted by Crippen LogP contribution is -2.46. The third-order valence-corrected chi connectivity index (χ3v) is 4.81. The van der Waals surface area contributed by atoms with Gasteiger partial charge in [-0.2, -0.15) is 0 Å². The summed E-state index contributed by atoms with van der Waals surface area (Å²) in [6.07, 6.45) is 0.273. The minimum Gasteiger partial charge on any atom is -0.468 e. The summed E-state index contributed by atoms with van der Waals surface area (Å²) in [6, 6.07) is 17.0. The van der Waals surface area contributed by atoms with Gasteiger partial charge in [-0.25, -0.2) is 0 Å². The molecular weight excluding hydrogens is 340 g/mol. The minimum absolute atomic E-state index is 0.0277. The van der Waals surface area contributed by atoms with Gasteiger partial charge in [0, 0.05) is 17.7 Å². The van der Waals surface area contributed by atoms with E-state index in [4.69, 9.17) is 4.74 Å². The number of hydrogen-bond donors (Lipinski definition) is 1. The number of nitrogens with zero attached hydrogens (tertiary/aromatic N) is 1. The number of carbonyl (C=O) groups is 2. The SMILES string of the molecule is COC(=O)C(CC(C)C)NC1c2ccccc2C(=O)N1Cc1ccccc1. The molecule has 2 unspecified atom stereocenters. The molecule has 0 bridgehead atoms. The lowest BCUT2D eigenvalue weighted by Gasteiger charge is -2.30. The lowest BCUT2D eigenvalue weighted by molar-refractivity contribution is -0.144. The molecule has 1 aliphatic rings. The Morgan fingerprint density at radius 1 is 1.11 bits per heavy atom. The van der Waals surface area contributed by atoms with Gasteiger partial charge in [0.15, 0.2) is 0 Å². The summed E-state index contributed by atoms with van der Waals surface area (Å²) in [7, 11) is 1.40. The molecule has 2 atom stereocenters. The quantitative estimate of drug-likeness (QED) is 0.762. The summed E-state index contributed by atoms with van der Waals surface area (Å²) < 4.78 is 4.99. The molecule has 1 aliphatic heterocycles. The van der Waals surface area contributed by atoms with E-state index >= 15 is 0 Å². The van der Waals surface area contributed by atoms with E-state index in [2.05, 4.69) is 19.2 Å². The van der Waals surface area contributed by atoms with Crippen LogP contribution in [0.4, 0.5) is 0 Å². The zero-order chi connectivity index (χ0) is 19.4. The maximum absolute atomic E-state index is 13.0. The Morgan fingerprint density at radius 3 is 2.44 bits per heavy atom. The van der Waals surface area contributed by atoms with Crippen LogP contribution >= 0.6 is 0 Å². The smallest absolute Gasteiger partial charge is 0.322 e. The van der Waals surface area contributed by atoms with Gasteiger partial charge in [0.2, 0.25) is 0 Å². The zero-order valence-electron chi connectivity index (χ0n) is 16.0. The van der Waals surface area contributed by atoms with Gasteiger partial charge in [-0.1, -0.05) is 62.4 Å². The summed E-state index contributed by atoms with van der Waals surface area (Å²) >= 11 is 0. The molecule has 142 valence electrons. The third-order valence-electron chi connectivity index (χ3n) is 4.81. The van der Waals surface area contributed by atoms with Gasteiger partial charge in [-0.3, -0.25) is 14.9 Å². The second kappa shape index (κ2) is 8.35. The molecule has 0 saturated heterocycles. The third kappa shape index (κ3) is 4.19. The molecule has 1 N–H and O–H groups in total. The average Bonchev–Trinajstić information content (AvgIpc) is 2.93. The fraction of sp³-hybridized carbons (Fsp3) is 0.364. The van der Waals surface area contributed by atoms with Gasteiger partial charge < -0.3 is 9.64 Å². The van der Waals surface area contributed by atoms with Crippen LogP contribution in [0.15, 0.2) is 54.6 Å². The molecule has 0 radical (unpaired) electrons. The van der Waals surface area contributed by atoms with Crippen molar-refractivity contribution in [2.45, 2.75) is 39.0 Å². The summed E-state index contributed by atoms with van der Waals surface area (Å²) in [5.41, 5.74) is 2.62. The van der Waals surface area contributed by atoms with E-state index in [1.165, 1.54) is 7.11 Å². The molecule has 0 fully saturated rings. The highest BCUT2D eigenvalue weighted by atomic mass is 16.5. The van der Waals surface area contributed by atoms with Gasteiger partial charge in [-0.15, -0.1) is 0 Å². The predicted octanol–water partition coefficient (Wildman–Crippen LogP) is 3.52. The summed E-state index contributed by atoms with van der Waals surface area (Å²) in [5, 5.41) is 3.39. The van der Waals surface area contributed by atoms with E-state index in [1.54, 1.807) is 4.90 Å². The lowest BCUT2D eigenvalue weighted by atomic mass is 10.0. The summed E-state index contributed by atoms with van der Waals surface area (Å²) in [4.78, 5) is 27.1. The topological polar surface area (TPSA) is 58.6 Å². The molecule has 5 nitrogen and oxygen atoms in total. The highest BCUT2D eigenvalue weighted by Gasteiger charge is 2.38. The first-order chi connectivity index (χ1) is 13.0. The van der Waals surface area contributed by atoms with E-state index in [9.17, 15) is 9.59 Å². The van der Waals surface area contributed by atoms with Crippen molar-refractivity contribution in [3.8, 4) is 0 Å². The molecule has 2 aromatic carbocycles. The van der Waals surface area contributed by atoms with E-state index in [0.717, 1.165) is 11.1 Å². The van der Waals surface area contributed by atoms with Gasteiger partial charge >= 0.3 is 5.97 Å². The number of fused-ring (bicyclic) bond motifs is 1. The highest BCUT2D eigenvalue weighted by molar-refractivity contribution is 5.99. The first-order valence-electron chi connectivity index (χ1n) is 9.29. The second-order valence-electron chi connectivity index (χ2n) is 7.28. The Kier molecular flexibility index (Phi) is 5.91. The van der Waals surface area contributed by atoms with Crippen molar-refractivity contribution in [3.63, 3.8) is 0 Å². The van der Waals surface area contributed by atoms with Crippen molar-refractivity contribution in [2.24, 2.45) is 5.92 Å². The van der Waals surface area contributed by atoms with Crippen molar-refractivity contribution in [1.82, 2.24) is 10.2 Å². The van der Waals surface area contributed by atoms with Crippen LogP contribution in [0.5, 0.6) is 0 Å². The van der Waals surface area contributed by atoms with Crippen molar-refractivity contribution in [1.29, 1.82) is 0 Å². The molecule has 3 rings (SSSR count). The van der Waals surface area contributed by atoms with Crippen molar-refractivity contribution in [2.75, 3.05) is 7.11 Å². The van der Waals surface area contributed by atoms with Crippen LogP contribution in [0.25, 0.3) is 0 Å². The molecule has 0 aliphatic carbocycles. The van der Waals surface area contributed by atoms with E-state index in [1.807, 2.05) is 54.6 Å². The normalized spacial score (nSPS) is 17.1. The number of amides is 1. The van der Waals surface area contributed by atoms with Crippen LogP contribution in [0, 0.1) is 5.92 Å². The number of carbonyl (C=O) groups excluding carboxylic acids is 2. The highest BCUT2D eigenvalue weighted by Crippen LogP contribution is 2.33. The Morgan fingerprint density at radius 2 is 1.78 bits per heavy atom. The number of esters is 1. The summed E-state index contributed by atoms with van der Waals surface area (Å²) in [6.45, 7) is 4.60. The Balaban J connectivity index is 1.92. The molecular formula is C22H26N2O3.